The molecule has 1 aliphatic heterocycles. The summed E-state index contributed by atoms with van der Waals surface area (Å²) < 4.78 is 33.2. The topological polar surface area (TPSA) is 91.3 Å². The molecule has 2 N–H and O–H groups in total. The summed E-state index contributed by atoms with van der Waals surface area (Å²) >= 11 is 0. The minimum absolute atomic E-state index is 0.146. The highest BCUT2D eigenvalue weighted by Gasteiger charge is 2.38. The van der Waals surface area contributed by atoms with E-state index in [4.69, 9.17) is 4.74 Å². The zero-order chi connectivity index (χ0) is 23.9. The SMILES string of the molecule is C[C@]1(C(=O)O)CC[C@@H](OC2CCN(c3ccc(-c4nc5cc(F)c(F)cc5[nH]4)cn3)CC2)CC1. The maximum atomic E-state index is 13.5. The van der Waals surface area contributed by atoms with Gasteiger partial charge in [-0.2, -0.15) is 0 Å². The van der Waals surface area contributed by atoms with E-state index in [0.717, 1.165) is 62.3 Å². The number of nitrogens with one attached hydrogen (secondary N) is 1. The number of carboxylic acid groups (broad SMARTS) is 1. The lowest BCUT2D eigenvalue weighted by atomic mass is 9.75. The summed E-state index contributed by atoms with van der Waals surface area (Å²) in [7, 11) is 0. The van der Waals surface area contributed by atoms with Gasteiger partial charge in [-0.25, -0.2) is 18.7 Å². The molecule has 1 saturated heterocycles. The first-order valence-electron chi connectivity index (χ1n) is 11.8. The highest BCUT2D eigenvalue weighted by Crippen LogP contribution is 2.38. The van der Waals surface area contributed by atoms with Gasteiger partial charge in [0.25, 0.3) is 0 Å². The van der Waals surface area contributed by atoms with Gasteiger partial charge in [0.15, 0.2) is 11.6 Å². The zero-order valence-corrected chi connectivity index (χ0v) is 19.1. The maximum absolute atomic E-state index is 13.5. The number of fused-ring (bicyclic) bond motifs is 1. The van der Waals surface area contributed by atoms with Gasteiger partial charge < -0.3 is 19.7 Å². The van der Waals surface area contributed by atoms with Crippen molar-refractivity contribution in [2.75, 3.05) is 18.0 Å². The summed E-state index contributed by atoms with van der Waals surface area (Å²) in [6.45, 7) is 3.50. The lowest BCUT2D eigenvalue weighted by molar-refractivity contribution is -0.152. The molecule has 2 aliphatic rings. The van der Waals surface area contributed by atoms with Crippen LogP contribution in [0.1, 0.15) is 45.4 Å². The molecular weight excluding hydrogens is 442 g/mol. The Kier molecular flexibility index (Phi) is 5.97. The number of halogens is 2. The Morgan fingerprint density at radius 2 is 1.79 bits per heavy atom. The van der Waals surface area contributed by atoms with Crippen LogP contribution in [-0.2, 0) is 9.53 Å². The number of piperidine rings is 1. The predicted octanol–water partition coefficient (Wildman–Crippen LogP) is 4.92. The zero-order valence-electron chi connectivity index (χ0n) is 19.1. The molecule has 0 unspecified atom stereocenters. The number of ether oxygens (including phenoxy) is 1. The third-order valence-electron chi connectivity index (χ3n) is 7.25. The molecule has 0 radical (unpaired) electrons. The van der Waals surface area contributed by atoms with Crippen LogP contribution < -0.4 is 4.90 Å². The Labute approximate surface area is 196 Å². The molecule has 0 spiro atoms. The molecule has 0 atom stereocenters. The number of benzene rings is 1. The van der Waals surface area contributed by atoms with Crippen LogP contribution >= 0.6 is 0 Å². The van der Waals surface area contributed by atoms with E-state index in [1.165, 1.54) is 0 Å². The van der Waals surface area contributed by atoms with E-state index < -0.39 is 23.0 Å². The number of rotatable bonds is 5. The van der Waals surface area contributed by atoms with Gasteiger partial charge in [0, 0.05) is 37.0 Å². The Balaban J connectivity index is 1.16. The van der Waals surface area contributed by atoms with E-state index in [2.05, 4.69) is 19.9 Å². The molecule has 2 fully saturated rings. The minimum atomic E-state index is -0.923. The van der Waals surface area contributed by atoms with Crippen LogP contribution in [0.3, 0.4) is 0 Å². The molecular formula is C25H28F2N4O3. The monoisotopic (exact) mass is 470 g/mol. The first-order chi connectivity index (χ1) is 16.3. The van der Waals surface area contributed by atoms with Crippen molar-refractivity contribution in [2.45, 2.75) is 57.7 Å². The molecule has 1 aliphatic carbocycles. The van der Waals surface area contributed by atoms with Gasteiger partial charge >= 0.3 is 5.97 Å². The van der Waals surface area contributed by atoms with E-state index in [1.54, 1.807) is 6.20 Å². The summed E-state index contributed by atoms with van der Waals surface area (Å²) in [5.41, 5.74) is 0.927. The quantitative estimate of drug-likeness (QED) is 0.550. The Hall–Kier alpha value is -3.07. The first-order valence-corrected chi connectivity index (χ1v) is 11.8. The number of hydrogen-bond donors (Lipinski definition) is 2. The Bertz CT molecular complexity index is 1140. The second-order valence-corrected chi connectivity index (χ2v) is 9.66. The van der Waals surface area contributed by atoms with Gasteiger partial charge in [0.05, 0.1) is 28.7 Å². The van der Waals surface area contributed by atoms with E-state index in [-0.39, 0.29) is 12.2 Å². The molecule has 34 heavy (non-hydrogen) atoms. The molecule has 0 bridgehead atoms. The standard InChI is InChI=1S/C25H28F2N4O3/c1-25(24(32)33)8-4-16(5-9-25)34-17-6-10-31(11-7-17)22-3-2-15(14-28-22)23-29-20-12-18(26)19(27)13-21(20)30-23/h2-3,12-14,16-17H,4-11H2,1H3,(H,29,30)(H,32,33)/t16-,25+. The van der Waals surface area contributed by atoms with Crippen molar-refractivity contribution in [3.8, 4) is 11.4 Å². The molecule has 5 rings (SSSR count). The van der Waals surface area contributed by atoms with Crippen LogP contribution in [0.2, 0.25) is 0 Å². The fourth-order valence-corrected chi connectivity index (χ4v) is 4.93. The summed E-state index contributed by atoms with van der Waals surface area (Å²) in [5, 5.41) is 9.39. The fourth-order valence-electron chi connectivity index (χ4n) is 4.93. The molecule has 7 nitrogen and oxygen atoms in total. The third kappa shape index (κ3) is 4.49. The van der Waals surface area contributed by atoms with Crippen molar-refractivity contribution in [3.63, 3.8) is 0 Å². The summed E-state index contributed by atoms with van der Waals surface area (Å²) in [6.07, 6.45) is 6.77. The van der Waals surface area contributed by atoms with Crippen LogP contribution in [0.25, 0.3) is 22.4 Å². The summed E-state index contributed by atoms with van der Waals surface area (Å²) in [4.78, 5) is 25.6. The third-order valence-corrected chi connectivity index (χ3v) is 7.25. The maximum Gasteiger partial charge on any atom is 0.309 e. The highest BCUT2D eigenvalue weighted by atomic mass is 19.2. The molecule has 3 aromatic rings. The van der Waals surface area contributed by atoms with Crippen molar-refractivity contribution in [1.29, 1.82) is 0 Å². The number of nitrogens with zero attached hydrogens (tertiary/aromatic N) is 3. The number of H-pyrrole nitrogens is 1. The summed E-state index contributed by atoms with van der Waals surface area (Å²) in [6, 6.07) is 6.01. The first kappa shape index (κ1) is 22.7. The largest absolute Gasteiger partial charge is 0.481 e. The van der Waals surface area contributed by atoms with E-state index in [0.29, 0.717) is 29.7 Å². The summed E-state index contributed by atoms with van der Waals surface area (Å²) in [5.74, 6) is -1.16. The molecule has 1 aromatic carbocycles. The van der Waals surface area contributed by atoms with Gasteiger partial charge in [-0.15, -0.1) is 0 Å². The van der Waals surface area contributed by atoms with Crippen LogP contribution in [0.15, 0.2) is 30.5 Å². The minimum Gasteiger partial charge on any atom is -0.481 e. The van der Waals surface area contributed by atoms with Crippen molar-refractivity contribution in [3.05, 3.63) is 42.1 Å². The smallest absolute Gasteiger partial charge is 0.309 e. The van der Waals surface area contributed by atoms with Crippen molar-refractivity contribution >= 4 is 22.8 Å². The van der Waals surface area contributed by atoms with Crippen molar-refractivity contribution < 1.29 is 23.4 Å². The number of aliphatic carboxylic acids is 1. The van der Waals surface area contributed by atoms with Gasteiger partial charge in [-0.3, -0.25) is 4.79 Å². The Morgan fingerprint density at radius 1 is 1.12 bits per heavy atom. The van der Waals surface area contributed by atoms with Gasteiger partial charge in [0.2, 0.25) is 0 Å². The van der Waals surface area contributed by atoms with Gasteiger partial charge in [-0.1, -0.05) is 0 Å². The van der Waals surface area contributed by atoms with E-state index in [1.807, 2.05) is 19.1 Å². The fraction of sp³-hybridized carbons (Fsp3) is 0.480. The Morgan fingerprint density at radius 3 is 2.44 bits per heavy atom. The predicted molar refractivity (Wildman–Crippen MR) is 124 cm³/mol. The number of imidazole rings is 1. The van der Waals surface area contributed by atoms with Crippen molar-refractivity contribution in [2.24, 2.45) is 5.41 Å². The number of pyridine rings is 1. The number of carboxylic acids is 1. The lowest BCUT2D eigenvalue weighted by Crippen LogP contribution is -2.41. The molecule has 3 heterocycles. The number of aromatic amines is 1. The lowest BCUT2D eigenvalue weighted by Gasteiger charge is -2.38. The number of hydrogen-bond acceptors (Lipinski definition) is 5. The van der Waals surface area contributed by atoms with Crippen LogP contribution in [0.5, 0.6) is 0 Å². The number of anilines is 1. The normalized spacial score (nSPS) is 24.0. The van der Waals surface area contributed by atoms with Crippen molar-refractivity contribution in [1.82, 2.24) is 15.0 Å². The average Bonchev–Trinajstić information content (AvgIpc) is 3.24. The molecule has 180 valence electrons. The van der Waals surface area contributed by atoms with E-state index >= 15 is 0 Å². The highest BCUT2D eigenvalue weighted by molar-refractivity contribution is 5.79. The molecule has 0 amide bonds. The molecule has 2 aromatic heterocycles. The van der Waals surface area contributed by atoms with Gasteiger partial charge in [-0.05, 0) is 57.6 Å². The van der Waals surface area contributed by atoms with Crippen LogP contribution in [0, 0.1) is 17.0 Å². The second-order valence-electron chi connectivity index (χ2n) is 9.66. The molecule has 9 heteroatoms. The van der Waals surface area contributed by atoms with Crippen LogP contribution in [0.4, 0.5) is 14.6 Å². The van der Waals surface area contributed by atoms with Crippen LogP contribution in [-0.4, -0.2) is 51.3 Å². The second kappa shape index (κ2) is 8.94. The number of carbonyl (C=O) groups is 1. The van der Waals surface area contributed by atoms with Gasteiger partial charge in [0.1, 0.15) is 11.6 Å². The molecule has 1 saturated carbocycles. The van der Waals surface area contributed by atoms with E-state index in [9.17, 15) is 18.7 Å². The number of aromatic nitrogens is 3. The average molecular weight is 471 g/mol.